The molecular formula is C17H8Cl4N8O3. The molecule has 0 saturated carbocycles. The minimum Gasteiger partial charge on any atom is -0.337 e. The highest BCUT2D eigenvalue weighted by molar-refractivity contribution is 6.42. The van der Waals surface area contributed by atoms with Crippen molar-refractivity contribution in [2.75, 3.05) is 10.7 Å². The lowest BCUT2D eigenvalue weighted by atomic mass is 10.2. The van der Waals surface area contributed by atoms with Crippen LogP contribution in [-0.4, -0.2) is 31.4 Å². The average molecular weight is 514 g/mol. The average Bonchev–Trinajstić information content (AvgIpc) is 3.19. The number of hydrazone groups is 1. The van der Waals surface area contributed by atoms with E-state index in [2.05, 4.69) is 40.8 Å². The van der Waals surface area contributed by atoms with Crippen LogP contribution in [0.3, 0.4) is 0 Å². The van der Waals surface area contributed by atoms with Crippen molar-refractivity contribution in [1.29, 1.82) is 0 Å². The minimum atomic E-state index is -0.625. The Morgan fingerprint density at radius 1 is 0.938 bits per heavy atom. The molecule has 11 nitrogen and oxygen atoms in total. The largest absolute Gasteiger partial charge is 0.337 e. The second-order valence-electron chi connectivity index (χ2n) is 6.04. The van der Waals surface area contributed by atoms with Crippen molar-refractivity contribution < 1.29 is 9.55 Å². The Kier molecular flexibility index (Phi) is 6.24. The number of nitro benzene ring substituents is 1. The van der Waals surface area contributed by atoms with Crippen molar-refractivity contribution in [3.8, 4) is 0 Å². The molecule has 0 spiro atoms. The molecule has 0 amide bonds. The van der Waals surface area contributed by atoms with Crippen LogP contribution < -0.4 is 10.7 Å². The van der Waals surface area contributed by atoms with Crippen LogP contribution in [0.15, 0.2) is 40.1 Å². The summed E-state index contributed by atoms with van der Waals surface area (Å²) in [5, 5.41) is 26.3. The first-order valence-electron chi connectivity index (χ1n) is 8.46. The first-order chi connectivity index (χ1) is 15.3. The number of fused-ring (bicyclic) bond motifs is 1. The summed E-state index contributed by atoms with van der Waals surface area (Å²) in [6.45, 7) is 0. The van der Waals surface area contributed by atoms with Gasteiger partial charge < -0.3 is 5.32 Å². The van der Waals surface area contributed by atoms with Crippen LogP contribution >= 0.6 is 46.4 Å². The van der Waals surface area contributed by atoms with E-state index >= 15 is 0 Å². The number of rotatable bonds is 6. The van der Waals surface area contributed by atoms with Gasteiger partial charge in [-0.1, -0.05) is 46.4 Å². The van der Waals surface area contributed by atoms with E-state index in [0.29, 0.717) is 15.7 Å². The molecule has 0 aliphatic rings. The van der Waals surface area contributed by atoms with Gasteiger partial charge in [0.1, 0.15) is 5.02 Å². The molecule has 0 saturated heterocycles. The van der Waals surface area contributed by atoms with Gasteiger partial charge in [-0.3, -0.25) is 15.5 Å². The Bertz CT molecular complexity index is 1380. The van der Waals surface area contributed by atoms with Crippen molar-refractivity contribution in [1.82, 2.24) is 20.3 Å². The molecule has 2 aromatic heterocycles. The molecule has 0 radical (unpaired) electrons. The molecule has 0 bridgehead atoms. The summed E-state index contributed by atoms with van der Waals surface area (Å²) < 4.78 is 4.64. The van der Waals surface area contributed by atoms with E-state index in [0.717, 1.165) is 0 Å². The van der Waals surface area contributed by atoms with Crippen molar-refractivity contribution in [2.45, 2.75) is 0 Å². The van der Waals surface area contributed by atoms with Crippen LogP contribution in [0.2, 0.25) is 20.1 Å². The number of nitrogens with one attached hydrogen (secondary N) is 2. The Labute approximate surface area is 198 Å². The summed E-state index contributed by atoms with van der Waals surface area (Å²) in [6, 6.07) is 7.34. The minimum absolute atomic E-state index is 0.0897. The Morgan fingerprint density at radius 3 is 2.34 bits per heavy atom. The third kappa shape index (κ3) is 4.65. The number of hydrogen-bond acceptors (Lipinski definition) is 10. The van der Waals surface area contributed by atoms with E-state index < -0.39 is 4.92 Å². The lowest BCUT2D eigenvalue weighted by molar-refractivity contribution is -0.384. The molecule has 2 aromatic carbocycles. The van der Waals surface area contributed by atoms with Gasteiger partial charge in [-0.2, -0.15) is 10.1 Å². The zero-order chi connectivity index (χ0) is 22.8. The maximum atomic E-state index is 11.1. The molecule has 0 unspecified atom stereocenters. The smallest absolute Gasteiger partial charge is 0.288 e. The van der Waals surface area contributed by atoms with Crippen molar-refractivity contribution in [2.24, 2.45) is 5.10 Å². The van der Waals surface area contributed by atoms with Gasteiger partial charge in [-0.05, 0) is 34.6 Å². The van der Waals surface area contributed by atoms with Gasteiger partial charge in [0, 0.05) is 17.3 Å². The molecule has 0 fully saturated rings. The lowest BCUT2D eigenvalue weighted by Crippen LogP contribution is -2.03. The van der Waals surface area contributed by atoms with E-state index in [1.165, 1.54) is 18.3 Å². The van der Waals surface area contributed by atoms with Gasteiger partial charge in [0.15, 0.2) is 11.6 Å². The SMILES string of the molecule is O=[N+]([O-])c1cc(/C=N/Nc2nc3nonc3nc2Nc2ccc(Cl)c(Cl)c2)c(Cl)cc1Cl. The number of nitro groups is 1. The molecule has 15 heteroatoms. The molecule has 2 N–H and O–H groups in total. The van der Waals surface area contributed by atoms with Gasteiger partial charge in [0.05, 0.1) is 26.2 Å². The molecule has 4 aromatic rings. The third-order valence-electron chi connectivity index (χ3n) is 3.93. The number of hydrogen-bond donors (Lipinski definition) is 2. The van der Waals surface area contributed by atoms with Gasteiger partial charge in [0.2, 0.25) is 11.3 Å². The summed E-state index contributed by atoms with van der Waals surface area (Å²) in [4.78, 5) is 19.0. The van der Waals surface area contributed by atoms with E-state index in [1.54, 1.807) is 18.2 Å². The van der Waals surface area contributed by atoms with Crippen LogP contribution in [0, 0.1) is 10.1 Å². The van der Waals surface area contributed by atoms with Crippen LogP contribution in [0.25, 0.3) is 11.3 Å². The zero-order valence-corrected chi connectivity index (χ0v) is 18.4. The van der Waals surface area contributed by atoms with Crippen LogP contribution in [0.1, 0.15) is 5.56 Å². The standard InChI is InChI=1S/C17H8Cl4N8O3/c18-9-2-1-8(4-11(9)20)23-14-15(25-17-16(24-14)27-32-28-17)26-22-6-7-3-13(29(30)31)12(21)5-10(7)19/h1-6H,(H,23,24,27)(H,25,26,28)/b22-6+. The van der Waals surface area contributed by atoms with E-state index in [4.69, 9.17) is 46.4 Å². The van der Waals surface area contributed by atoms with Gasteiger partial charge >= 0.3 is 0 Å². The Hall–Kier alpha value is -3.25. The number of aromatic nitrogens is 4. The van der Waals surface area contributed by atoms with E-state index in [9.17, 15) is 10.1 Å². The van der Waals surface area contributed by atoms with Crippen molar-refractivity contribution >= 4 is 86.9 Å². The summed E-state index contributed by atoms with van der Waals surface area (Å²) >= 11 is 23.9. The van der Waals surface area contributed by atoms with E-state index in [-0.39, 0.29) is 44.2 Å². The lowest BCUT2D eigenvalue weighted by Gasteiger charge is -2.10. The zero-order valence-electron chi connectivity index (χ0n) is 15.4. The third-order valence-corrected chi connectivity index (χ3v) is 5.30. The molecule has 2 heterocycles. The highest BCUT2D eigenvalue weighted by Crippen LogP contribution is 2.31. The monoisotopic (exact) mass is 512 g/mol. The summed E-state index contributed by atoms with van der Waals surface area (Å²) in [7, 11) is 0. The second-order valence-corrected chi connectivity index (χ2v) is 7.67. The highest BCUT2D eigenvalue weighted by Gasteiger charge is 2.16. The maximum Gasteiger partial charge on any atom is 0.288 e. The predicted molar refractivity (Wildman–Crippen MR) is 121 cm³/mol. The predicted octanol–water partition coefficient (Wildman–Crippen LogP) is 5.72. The van der Waals surface area contributed by atoms with E-state index in [1.807, 2.05) is 0 Å². The number of halogens is 4. The molecule has 0 aliphatic heterocycles. The van der Waals surface area contributed by atoms with Gasteiger partial charge in [0.25, 0.3) is 5.69 Å². The topological polar surface area (TPSA) is 144 Å². The van der Waals surface area contributed by atoms with Crippen LogP contribution in [0.4, 0.5) is 23.0 Å². The van der Waals surface area contributed by atoms with Crippen LogP contribution in [-0.2, 0) is 0 Å². The first-order valence-corrected chi connectivity index (χ1v) is 9.98. The number of nitrogens with zero attached hydrogens (tertiary/aromatic N) is 6. The molecule has 162 valence electrons. The molecule has 32 heavy (non-hydrogen) atoms. The first kappa shape index (κ1) is 22.0. The molecular weight excluding hydrogens is 506 g/mol. The summed E-state index contributed by atoms with van der Waals surface area (Å²) in [5.74, 6) is 0.368. The van der Waals surface area contributed by atoms with Gasteiger partial charge in [-0.25, -0.2) is 9.61 Å². The fourth-order valence-corrected chi connectivity index (χ4v) is 3.27. The maximum absolute atomic E-state index is 11.1. The summed E-state index contributed by atoms with van der Waals surface area (Å²) in [5.41, 5.74) is 3.47. The molecule has 4 rings (SSSR count). The highest BCUT2D eigenvalue weighted by atomic mass is 35.5. The van der Waals surface area contributed by atoms with Crippen molar-refractivity contribution in [3.63, 3.8) is 0 Å². The normalized spacial score (nSPS) is 11.2. The van der Waals surface area contributed by atoms with Crippen molar-refractivity contribution in [3.05, 3.63) is 66.1 Å². The fourth-order valence-electron chi connectivity index (χ4n) is 2.47. The summed E-state index contributed by atoms with van der Waals surface area (Å²) in [6.07, 6.45) is 1.27. The molecule has 0 aliphatic carbocycles. The quantitative estimate of drug-likeness (QED) is 0.187. The number of anilines is 3. The number of benzene rings is 2. The van der Waals surface area contributed by atoms with Gasteiger partial charge in [-0.15, -0.1) is 0 Å². The Morgan fingerprint density at radius 2 is 1.66 bits per heavy atom. The fraction of sp³-hybridized carbons (Fsp3) is 0. The molecule has 0 atom stereocenters. The second kappa shape index (κ2) is 9.09. The Balaban J connectivity index is 1.65. The van der Waals surface area contributed by atoms with Crippen LogP contribution in [0.5, 0.6) is 0 Å².